The summed E-state index contributed by atoms with van der Waals surface area (Å²) < 4.78 is 5.92. The third-order valence-corrected chi connectivity index (χ3v) is 17.8. The zero-order valence-electron chi connectivity index (χ0n) is 20.2. The summed E-state index contributed by atoms with van der Waals surface area (Å²) >= 11 is -3.44. The van der Waals surface area contributed by atoms with Crippen molar-refractivity contribution in [2.75, 3.05) is 0 Å². The van der Waals surface area contributed by atoms with Crippen molar-refractivity contribution in [3.05, 3.63) is 145 Å². The molecule has 0 N–H and O–H groups in total. The molecule has 0 fully saturated rings. The summed E-state index contributed by atoms with van der Waals surface area (Å²) in [6.45, 7) is 4.46. The monoisotopic (exact) mass is 510 g/mol. The van der Waals surface area contributed by atoms with Crippen LogP contribution in [0.3, 0.4) is 0 Å². The molecule has 0 amide bonds. The molecule has 0 atom stereocenters. The van der Waals surface area contributed by atoms with E-state index in [2.05, 4.69) is 147 Å². The van der Waals surface area contributed by atoms with E-state index < -0.39 is 13.3 Å². The van der Waals surface area contributed by atoms with Crippen LogP contribution >= 0.6 is 0 Å². The van der Waals surface area contributed by atoms with Crippen LogP contribution in [0.5, 0.6) is 0 Å². The number of aryl methyl sites for hydroxylation is 2. The molecule has 0 aliphatic carbocycles. The Balaban J connectivity index is 1.88. The molecular weight excluding hydrogens is 481 g/mol. The summed E-state index contributed by atoms with van der Waals surface area (Å²) in [6, 6.07) is 50.1. The number of rotatable bonds is 4. The van der Waals surface area contributed by atoms with Gasteiger partial charge in [0.2, 0.25) is 0 Å². The molecule has 35 heavy (non-hydrogen) atoms. The van der Waals surface area contributed by atoms with Crippen LogP contribution in [0.15, 0.2) is 133 Å². The Morgan fingerprint density at radius 2 is 0.771 bits per heavy atom. The van der Waals surface area contributed by atoms with Gasteiger partial charge in [-0.3, -0.25) is 0 Å². The standard InChI is InChI=1S/C34H28Ge/c1-25-13-11-21-32-30(25)20-12-22-33(32)35(27-14-5-3-6-15-27,28-16-7-4-8-17-28)34-24-23-26(2)29-18-9-10-19-31(29)34/h3-24H,1-2H3. The van der Waals surface area contributed by atoms with Crippen LogP contribution in [0.2, 0.25) is 0 Å². The maximum absolute atomic E-state index is 3.44. The van der Waals surface area contributed by atoms with E-state index in [0.717, 1.165) is 0 Å². The molecule has 168 valence electrons. The maximum atomic E-state index is 2.44. The molecule has 6 aromatic rings. The fourth-order valence-electron chi connectivity index (χ4n) is 5.88. The van der Waals surface area contributed by atoms with Crippen LogP contribution in [0.4, 0.5) is 0 Å². The minimum atomic E-state index is -3.44. The zero-order valence-corrected chi connectivity index (χ0v) is 22.3. The van der Waals surface area contributed by atoms with E-state index >= 15 is 0 Å². The number of hydrogen-bond acceptors (Lipinski definition) is 0. The Kier molecular flexibility index (Phi) is 5.55. The summed E-state index contributed by atoms with van der Waals surface area (Å²) in [6.07, 6.45) is 0. The van der Waals surface area contributed by atoms with Crippen LogP contribution in [-0.2, 0) is 0 Å². The number of fused-ring (bicyclic) bond motifs is 2. The molecule has 0 nitrogen and oxygen atoms in total. The van der Waals surface area contributed by atoms with Gasteiger partial charge in [-0.15, -0.1) is 0 Å². The Morgan fingerprint density at radius 3 is 1.40 bits per heavy atom. The normalized spacial score (nSPS) is 11.7. The van der Waals surface area contributed by atoms with Crippen molar-refractivity contribution in [1.29, 1.82) is 0 Å². The van der Waals surface area contributed by atoms with Gasteiger partial charge in [-0.05, 0) is 0 Å². The topological polar surface area (TPSA) is 0 Å². The van der Waals surface area contributed by atoms with E-state index in [0.29, 0.717) is 0 Å². The van der Waals surface area contributed by atoms with Gasteiger partial charge in [0.25, 0.3) is 0 Å². The van der Waals surface area contributed by atoms with Crippen molar-refractivity contribution in [3.63, 3.8) is 0 Å². The molecule has 0 bridgehead atoms. The molecule has 0 saturated heterocycles. The summed E-state index contributed by atoms with van der Waals surface area (Å²) in [5, 5.41) is 5.46. The molecule has 0 aromatic heterocycles. The van der Waals surface area contributed by atoms with Crippen molar-refractivity contribution in [1.82, 2.24) is 0 Å². The first-order chi connectivity index (χ1) is 17.2. The Hall–Kier alpha value is -3.62. The molecule has 6 aromatic carbocycles. The average molecular weight is 509 g/mol. The Bertz CT molecular complexity index is 1570. The van der Waals surface area contributed by atoms with E-state index in [-0.39, 0.29) is 0 Å². The van der Waals surface area contributed by atoms with Crippen molar-refractivity contribution < 1.29 is 0 Å². The molecule has 0 aliphatic heterocycles. The third kappa shape index (κ3) is 3.44. The van der Waals surface area contributed by atoms with Crippen molar-refractivity contribution in [2.24, 2.45) is 0 Å². The number of hydrogen-bond donors (Lipinski definition) is 0. The molecule has 0 saturated carbocycles. The molecule has 0 aliphatic rings. The first kappa shape index (κ1) is 21.9. The van der Waals surface area contributed by atoms with Gasteiger partial charge in [-0.2, -0.15) is 0 Å². The second-order valence-electron chi connectivity index (χ2n) is 9.43. The average Bonchev–Trinajstić information content (AvgIpc) is 2.92. The second-order valence-corrected chi connectivity index (χ2v) is 17.3. The van der Waals surface area contributed by atoms with Crippen molar-refractivity contribution in [2.45, 2.75) is 13.8 Å². The van der Waals surface area contributed by atoms with Crippen LogP contribution < -0.4 is 17.6 Å². The first-order valence-electron chi connectivity index (χ1n) is 12.3. The van der Waals surface area contributed by atoms with Crippen LogP contribution in [0.1, 0.15) is 11.1 Å². The van der Waals surface area contributed by atoms with Gasteiger partial charge >= 0.3 is 211 Å². The SMILES string of the molecule is Cc1cccc2[c]([Ge]([c]3ccccc3)([c]3ccccc3)[c]3ccc(C)c4ccccc34)cccc12. The molecule has 0 unspecified atom stereocenters. The number of benzene rings is 6. The van der Waals surface area contributed by atoms with Gasteiger partial charge in [-0.1, -0.05) is 0 Å². The van der Waals surface area contributed by atoms with Crippen LogP contribution in [-0.4, -0.2) is 13.3 Å². The van der Waals surface area contributed by atoms with E-state index in [1.54, 1.807) is 0 Å². The molecular formula is C34H28Ge. The van der Waals surface area contributed by atoms with Gasteiger partial charge in [-0.25, -0.2) is 0 Å². The predicted octanol–water partition coefficient (Wildman–Crippen LogP) is 5.99. The predicted molar refractivity (Wildman–Crippen MR) is 155 cm³/mol. The quantitative estimate of drug-likeness (QED) is 0.257. The zero-order chi connectivity index (χ0) is 23.8. The first-order valence-corrected chi connectivity index (χ1v) is 16.5. The molecule has 1 heteroatoms. The third-order valence-electron chi connectivity index (χ3n) is 7.50. The van der Waals surface area contributed by atoms with Gasteiger partial charge in [0.1, 0.15) is 0 Å². The van der Waals surface area contributed by atoms with E-state index in [1.807, 2.05) is 0 Å². The van der Waals surface area contributed by atoms with Gasteiger partial charge in [0.15, 0.2) is 0 Å². The van der Waals surface area contributed by atoms with Gasteiger partial charge < -0.3 is 0 Å². The Morgan fingerprint density at radius 1 is 0.343 bits per heavy atom. The second kappa shape index (κ2) is 8.87. The summed E-state index contributed by atoms with van der Waals surface area (Å²) in [5.41, 5.74) is 2.66. The van der Waals surface area contributed by atoms with Gasteiger partial charge in [0, 0.05) is 0 Å². The summed E-state index contributed by atoms with van der Waals surface area (Å²) in [4.78, 5) is 0. The minimum absolute atomic E-state index is 1.33. The van der Waals surface area contributed by atoms with E-state index in [4.69, 9.17) is 0 Å². The van der Waals surface area contributed by atoms with Crippen molar-refractivity contribution in [3.8, 4) is 0 Å². The molecule has 0 spiro atoms. The fourth-order valence-corrected chi connectivity index (χ4v) is 16.7. The summed E-state index contributed by atoms with van der Waals surface area (Å²) in [5.74, 6) is 0. The van der Waals surface area contributed by atoms with Gasteiger partial charge in [0.05, 0.1) is 0 Å². The molecule has 0 heterocycles. The van der Waals surface area contributed by atoms with Crippen LogP contribution in [0, 0.1) is 13.8 Å². The van der Waals surface area contributed by atoms with Crippen molar-refractivity contribution >= 4 is 52.4 Å². The van der Waals surface area contributed by atoms with E-state index in [1.165, 1.54) is 50.3 Å². The fraction of sp³-hybridized carbons (Fsp3) is 0.0588. The Labute approximate surface area is 210 Å². The molecule has 6 rings (SSSR count). The van der Waals surface area contributed by atoms with Crippen LogP contribution in [0.25, 0.3) is 21.5 Å². The van der Waals surface area contributed by atoms with E-state index in [9.17, 15) is 0 Å². The summed E-state index contributed by atoms with van der Waals surface area (Å²) in [7, 11) is 0. The molecule has 0 radical (unpaired) electrons.